The average molecular weight is 365 g/mol. The summed E-state index contributed by atoms with van der Waals surface area (Å²) in [6, 6.07) is 4.27. The number of carbonyl (C=O) groups is 1. The molecule has 1 amide bonds. The van der Waals surface area contributed by atoms with E-state index >= 15 is 0 Å². The maximum atomic E-state index is 12.4. The van der Waals surface area contributed by atoms with Crippen LogP contribution in [0.4, 0.5) is 5.82 Å². The lowest BCUT2D eigenvalue weighted by atomic mass is 10.1. The van der Waals surface area contributed by atoms with E-state index in [0.29, 0.717) is 37.9 Å². The van der Waals surface area contributed by atoms with Crippen LogP contribution in [0.5, 0.6) is 0 Å². The second kappa shape index (κ2) is 9.40. The predicted octanol–water partition coefficient (Wildman–Crippen LogP) is 1.79. The van der Waals surface area contributed by atoms with Gasteiger partial charge in [0.15, 0.2) is 0 Å². The molecule has 1 N–H and O–H groups in total. The van der Waals surface area contributed by atoms with Gasteiger partial charge < -0.3 is 19.9 Å². The normalized spacial score (nSPS) is 19.8. The van der Waals surface area contributed by atoms with Crippen molar-refractivity contribution in [1.29, 1.82) is 0 Å². The van der Waals surface area contributed by atoms with Crippen LogP contribution in [-0.2, 0) is 4.74 Å². The molecule has 0 aliphatic carbocycles. The lowest BCUT2D eigenvalue weighted by Gasteiger charge is -2.32. The lowest BCUT2D eigenvalue weighted by molar-refractivity contribution is 0.0302. The number of morpholine rings is 1. The van der Waals surface area contributed by atoms with Crippen molar-refractivity contribution < 1.29 is 9.53 Å². The van der Waals surface area contributed by atoms with Gasteiger partial charge in [-0.3, -0.25) is 4.79 Å². The van der Waals surface area contributed by atoms with Crippen molar-refractivity contribution in [2.24, 2.45) is 0 Å². The molecule has 2 aliphatic rings. The number of ether oxygens (including phenoxy) is 1. The van der Waals surface area contributed by atoms with Crippen LogP contribution in [-0.4, -0.2) is 84.7 Å². The van der Waals surface area contributed by atoms with E-state index in [1.54, 1.807) is 6.20 Å². The van der Waals surface area contributed by atoms with Gasteiger partial charge in [0.1, 0.15) is 5.82 Å². The van der Waals surface area contributed by atoms with E-state index in [1.165, 1.54) is 12.3 Å². The summed E-state index contributed by atoms with van der Waals surface area (Å²) in [6.07, 6.45) is 6.14. The summed E-state index contributed by atoms with van der Waals surface area (Å²) < 4.78 is 5.29. The molecule has 0 spiro atoms. The number of likely N-dealkylation sites (tertiary alicyclic amines) is 1. The van der Waals surface area contributed by atoms with Crippen molar-refractivity contribution in [3.8, 4) is 0 Å². The van der Waals surface area contributed by atoms with Gasteiger partial charge in [0, 0.05) is 50.7 Å². The minimum absolute atomic E-state index is 0.0458. The molecule has 1 aromatic rings. The predicted molar refractivity (Wildman–Crippen MR) is 102 cm³/mol. The number of nitrogens with zero attached hydrogens (tertiary/aromatic N) is 3. The van der Waals surface area contributed by atoms with E-state index in [1.807, 2.05) is 28.8 Å². The highest BCUT2D eigenvalue weighted by atomic mass is 32.2. The van der Waals surface area contributed by atoms with Crippen molar-refractivity contribution in [3.63, 3.8) is 0 Å². The number of hydrogen-bond donors (Lipinski definition) is 1. The zero-order valence-electron chi connectivity index (χ0n) is 14.9. The number of piperidine rings is 1. The first-order chi connectivity index (χ1) is 12.3. The fourth-order valence-corrected chi connectivity index (χ4v) is 3.73. The zero-order valence-corrected chi connectivity index (χ0v) is 15.8. The van der Waals surface area contributed by atoms with Crippen LogP contribution in [0.3, 0.4) is 0 Å². The third kappa shape index (κ3) is 5.33. The Kier molecular flexibility index (Phi) is 6.95. The second-order valence-corrected chi connectivity index (χ2v) is 7.58. The molecule has 3 rings (SSSR count). The van der Waals surface area contributed by atoms with Crippen molar-refractivity contribution in [3.05, 3.63) is 23.9 Å². The number of carbonyl (C=O) groups excluding carboxylic acids is 1. The summed E-state index contributed by atoms with van der Waals surface area (Å²) in [5, 5.41) is 3.52. The molecular formula is C18H28N4O2S. The van der Waals surface area contributed by atoms with Crippen LogP contribution < -0.4 is 5.32 Å². The average Bonchev–Trinajstić information content (AvgIpc) is 2.68. The summed E-state index contributed by atoms with van der Waals surface area (Å²) in [5.41, 5.74) is 0.652. The summed E-state index contributed by atoms with van der Waals surface area (Å²) in [4.78, 5) is 21.2. The number of hydrogen-bond acceptors (Lipinski definition) is 6. The maximum Gasteiger partial charge on any atom is 0.255 e. The van der Waals surface area contributed by atoms with Gasteiger partial charge in [-0.1, -0.05) is 0 Å². The highest BCUT2D eigenvalue weighted by Crippen LogP contribution is 2.16. The minimum Gasteiger partial charge on any atom is -0.378 e. The van der Waals surface area contributed by atoms with Crippen LogP contribution in [0.25, 0.3) is 0 Å². The SMILES string of the molecule is CSCCN1CCC(Nc2ccc(C(=O)N3CCOCC3)cn2)CC1. The number of nitrogens with one attached hydrogen (secondary N) is 1. The molecule has 6 nitrogen and oxygen atoms in total. The van der Waals surface area contributed by atoms with Crippen LogP contribution in [0.15, 0.2) is 18.3 Å². The molecule has 0 aromatic carbocycles. The van der Waals surface area contributed by atoms with Crippen molar-refractivity contribution in [2.75, 3.05) is 63.3 Å². The van der Waals surface area contributed by atoms with Crippen LogP contribution in [0.2, 0.25) is 0 Å². The molecule has 2 fully saturated rings. The lowest BCUT2D eigenvalue weighted by Crippen LogP contribution is -2.41. The molecule has 0 atom stereocenters. The first kappa shape index (κ1) is 18.5. The molecular weight excluding hydrogens is 336 g/mol. The molecule has 2 saturated heterocycles. The first-order valence-electron chi connectivity index (χ1n) is 9.07. The topological polar surface area (TPSA) is 57.7 Å². The Morgan fingerprint density at radius 2 is 2.04 bits per heavy atom. The number of thioether (sulfide) groups is 1. The highest BCUT2D eigenvalue weighted by molar-refractivity contribution is 7.98. The van der Waals surface area contributed by atoms with Gasteiger partial charge in [-0.2, -0.15) is 11.8 Å². The van der Waals surface area contributed by atoms with E-state index < -0.39 is 0 Å². The molecule has 0 unspecified atom stereocenters. The summed E-state index contributed by atoms with van der Waals surface area (Å²) in [6.45, 7) is 6.03. The van der Waals surface area contributed by atoms with Crippen LogP contribution in [0.1, 0.15) is 23.2 Å². The zero-order chi connectivity index (χ0) is 17.5. The van der Waals surface area contributed by atoms with E-state index in [2.05, 4.69) is 21.5 Å². The van der Waals surface area contributed by atoms with Crippen LogP contribution in [0, 0.1) is 0 Å². The number of pyridine rings is 1. The monoisotopic (exact) mass is 364 g/mol. The molecule has 0 bridgehead atoms. The van der Waals surface area contributed by atoms with E-state index in [9.17, 15) is 4.79 Å². The molecule has 138 valence electrons. The van der Waals surface area contributed by atoms with Gasteiger partial charge in [0.05, 0.1) is 18.8 Å². The molecule has 7 heteroatoms. The standard InChI is InChI=1S/C18H28N4O2S/c1-25-13-10-21-6-4-16(5-7-21)20-17-3-2-15(14-19-17)18(23)22-8-11-24-12-9-22/h2-3,14,16H,4-13H2,1H3,(H,19,20). The van der Waals surface area contributed by atoms with E-state index in [0.717, 1.165) is 31.7 Å². The third-order valence-electron chi connectivity index (χ3n) is 4.86. The highest BCUT2D eigenvalue weighted by Gasteiger charge is 2.20. The minimum atomic E-state index is 0.0458. The maximum absolute atomic E-state index is 12.4. The van der Waals surface area contributed by atoms with Gasteiger partial charge in [-0.05, 0) is 31.2 Å². The Morgan fingerprint density at radius 1 is 1.28 bits per heavy atom. The Balaban J connectivity index is 1.47. The van der Waals surface area contributed by atoms with Gasteiger partial charge in [-0.15, -0.1) is 0 Å². The number of aromatic nitrogens is 1. The molecule has 0 radical (unpaired) electrons. The molecule has 2 aliphatic heterocycles. The Bertz CT molecular complexity index is 541. The largest absolute Gasteiger partial charge is 0.378 e. The molecule has 25 heavy (non-hydrogen) atoms. The van der Waals surface area contributed by atoms with Crippen molar-refractivity contribution in [2.45, 2.75) is 18.9 Å². The summed E-state index contributed by atoms with van der Waals surface area (Å²) in [5.74, 6) is 2.11. The quantitative estimate of drug-likeness (QED) is 0.831. The fraction of sp³-hybridized carbons (Fsp3) is 0.667. The number of anilines is 1. The van der Waals surface area contributed by atoms with Gasteiger partial charge >= 0.3 is 0 Å². The Labute approximate surface area is 154 Å². The molecule has 0 saturated carbocycles. The Morgan fingerprint density at radius 3 is 2.68 bits per heavy atom. The fourth-order valence-electron chi connectivity index (χ4n) is 3.29. The smallest absolute Gasteiger partial charge is 0.255 e. The van der Waals surface area contributed by atoms with Gasteiger partial charge in [-0.25, -0.2) is 4.98 Å². The molecule has 1 aromatic heterocycles. The van der Waals surface area contributed by atoms with Crippen molar-refractivity contribution >= 4 is 23.5 Å². The first-order valence-corrected chi connectivity index (χ1v) is 10.5. The van der Waals surface area contributed by atoms with E-state index in [-0.39, 0.29) is 5.91 Å². The molecule has 3 heterocycles. The number of amides is 1. The van der Waals surface area contributed by atoms with Crippen molar-refractivity contribution in [1.82, 2.24) is 14.8 Å². The summed E-state index contributed by atoms with van der Waals surface area (Å²) in [7, 11) is 0. The second-order valence-electron chi connectivity index (χ2n) is 6.59. The van der Waals surface area contributed by atoms with Crippen LogP contribution >= 0.6 is 11.8 Å². The van der Waals surface area contributed by atoms with Gasteiger partial charge in [0.2, 0.25) is 0 Å². The number of rotatable bonds is 6. The van der Waals surface area contributed by atoms with E-state index in [4.69, 9.17) is 4.74 Å². The van der Waals surface area contributed by atoms with Gasteiger partial charge in [0.25, 0.3) is 5.91 Å². The summed E-state index contributed by atoms with van der Waals surface area (Å²) >= 11 is 1.91. The third-order valence-corrected chi connectivity index (χ3v) is 5.45. The Hall–Kier alpha value is -1.31.